The van der Waals surface area contributed by atoms with Crippen LogP contribution in [0.1, 0.15) is 37.8 Å². The Morgan fingerprint density at radius 2 is 1.75 bits per heavy atom. The van der Waals surface area contributed by atoms with E-state index in [4.69, 9.17) is 5.73 Å². The molecule has 4 N–H and O–H groups in total. The van der Waals surface area contributed by atoms with Gasteiger partial charge in [0.05, 0.1) is 0 Å². The second kappa shape index (κ2) is 9.09. The van der Waals surface area contributed by atoms with Crippen molar-refractivity contribution in [1.82, 2.24) is 10.6 Å². The Hall–Kier alpha value is -1.88. The van der Waals surface area contributed by atoms with Gasteiger partial charge in [0, 0.05) is 32.0 Å². The van der Waals surface area contributed by atoms with Crippen LogP contribution in [0, 0.1) is 0 Å². The molecule has 0 aliphatic rings. The van der Waals surface area contributed by atoms with E-state index in [1.165, 1.54) is 0 Å². The van der Waals surface area contributed by atoms with Gasteiger partial charge in [0.2, 0.25) is 11.8 Å². The molecular weight excluding hydrogens is 254 g/mol. The van der Waals surface area contributed by atoms with E-state index in [0.717, 1.165) is 5.56 Å². The van der Waals surface area contributed by atoms with Crippen LogP contribution in [0.2, 0.25) is 0 Å². The Labute approximate surface area is 119 Å². The molecule has 1 aromatic rings. The fourth-order valence-corrected chi connectivity index (χ4v) is 1.84. The van der Waals surface area contributed by atoms with E-state index >= 15 is 0 Å². The highest BCUT2D eigenvalue weighted by Crippen LogP contribution is 2.14. The van der Waals surface area contributed by atoms with Crippen molar-refractivity contribution in [2.75, 3.05) is 13.1 Å². The fourth-order valence-electron chi connectivity index (χ4n) is 1.84. The molecule has 0 spiro atoms. The minimum Gasteiger partial charge on any atom is -0.356 e. The average Bonchev–Trinajstić information content (AvgIpc) is 2.46. The molecule has 0 saturated heterocycles. The summed E-state index contributed by atoms with van der Waals surface area (Å²) in [7, 11) is 0. The standard InChI is InChI=1S/C15H23N3O2/c1-2-17-15(20)10-11-18-14(19)9-8-13(16)12-6-4-3-5-7-12/h3-7,13H,2,8-11,16H2,1H3,(H,17,20)(H,18,19). The van der Waals surface area contributed by atoms with Crippen LogP contribution in [0.5, 0.6) is 0 Å². The summed E-state index contributed by atoms with van der Waals surface area (Å²) >= 11 is 0. The molecule has 0 aromatic heterocycles. The zero-order valence-electron chi connectivity index (χ0n) is 11.9. The molecule has 5 nitrogen and oxygen atoms in total. The van der Waals surface area contributed by atoms with Crippen molar-refractivity contribution in [2.45, 2.75) is 32.2 Å². The van der Waals surface area contributed by atoms with Crippen molar-refractivity contribution < 1.29 is 9.59 Å². The molecule has 0 radical (unpaired) electrons. The smallest absolute Gasteiger partial charge is 0.221 e. The van der Waals surface area contributed by atoms with Gasteiger partial charge >= 0.3 is 0 Å². The van der Waals surface area contributed by atoms with Gasteiger partial charge in [0.15, 0.2) is 0 Å². The van der Waals surface area contributed by atoms with Crippen LogP contribution in [0.25, 0.3) is 0 Å². The highest BCUT2D eigenvalue weighted by atomic mass is 16.2. The second-order valence-electron chi connectivity index (χ2n) is 4.61. The van der Waals surface area contributed by atoms with Crippen LogP contribution in [-0.4, -0.2) is 24.9 Å². The van der Waals surface area contributed by atoms with Gasteiger partial charge in [-0.15, -0.1) is 0 Å². The molecule has 0 aliphatic heterocycles. The Morgan fingerprint density at radius 1 is 1.10 bits per heavy atom. The molecule has 0 heterocycles. The number of nitrogens with two attached hydrogens (primary N) is 1. The quantitative estimate of drug-likeness (QED) is 0.665. The maximum absolute atomic E-state index is 11.6. The Balaban J connectivity index is 2.18. The fraction of sp³-hybridized carbons (Fsp3) is 0.467. The highest BCUT2D eigenvalue weighted by Gasteiger charge is 2.09. The van der Waals surface area contributed by atoms with Crippen molar-refractivity contribution >= 4 is 11.8 Å². The highest BCUT2D eigenvalue weighted by molar-refractivity contribution is 5.78. The number of rotatable bonds is 8. The van der Waals surface area contributed by atoms with Crippen molar-refractivity contribution in [3.63, 3.8) is 0 Å². The summed E-state index contributed by atoms with van der Waals surface area (Å²) in [6.07, 6.45) is 1.27. The molecule has 2 amide bonds. The van der Waals surface area contributed by atoms with Crippen LogP contribution in [0.15, 0.2) is 30.3 Å². The number of carbonyl (C=O) groups excluding carboxylic acids is 2. The van der Waals surface area contributed by atoms with Crippen LogP contribution < -0.4 is 16.4 Å². The first-order valence-corrected chi connectivity index (χ1v) is 6.97. The van der Waals surface area contributed by atoms with Gasteiger partial charge in [-0.25, -0.2) is 0 Å². The molecule has 0 bridgehead atoms. The lowest BCUT2D eigenvalue weighted by molar-refractivity contribution is -0.122. The van der Waals surface area contributed by atoms with Crippen molar-refractivity contribution in [3.05, 3.63) is 35.9 Å². The topological polar surface area (TPSA) is 84.2 Å². The summed E-state index contributed by atoms with van der Waals surface area (Å²) in [5.41, 5.74) is 7.05. The minimum atomic E-state index is -0.134. The maximum Gasteiger partial charge on any atom is 0.221 e. The predicted molar refractivity (Wildman–Crippen MR) is 78.9 cm³/mol. The van der Waals surface area contributed by atoms with Gasteiger partial charge in [0.25, 0.3) is 0 Å². The Bertz CT molecular complexity index is 420. The number of amides is 2. The van der Waals surface area contributed by atoms with Crippen LogP contribution in [0.3, 0.4) is 0 Å². The van der Waals surface area contributed by atoms with E-state index in [1.54, 1.807) is 0 Å². The third kappa shape index (κ3) is 6.33. The van der Waals surface area contributed by atoms with E-state index in [1.807, 2.05) is 37.3 Å². The first-order valence-electron chi connectivity index (χ1n) is 6.97. The largest absolute Gasteiger partial charge is 0.356 e. The van der Waals surface area contributed by atoms with Crippen molar-refractivity contribution in [3.8, 4) is 0 Å². The Kier molecular flexibility index (Phi) is 7.35. The number of hydrogen-bond donors (Lipinski definition) is 3. The molecule has 1 aromatic carbocycles. The lowest BCUT2D eigenvalue weighted by Crippen LogP contribution is -2.30. The van der Waals surface area contributed by atoms with E-state index in [2.05, 4.69) is 10.6 Å². The van der Waals surface area contributed by atoms with E-state index < -0.39 is 0 Å². The van der Waals surface area contributed by atoms with Crippen LogP contribution >= 0.6 is 0 Å². The molecular formula is C15H23N3O2. The van der Waals surface area contributed by atoms with Gasteiger partial charge in [0.1, 0.15) is 0 Å². The summed E-state index contributed by atoms with van der Waals surface area (Å²) in [5.74, 6) is -0.116. The van der Waals surface area contributed by atoms with Gasteiger partial charge in [-0.2, -0.15) is 0 Å². The van der Waals surface area contributed by atoms with E-state index in [9.17, 15) is 9.59 Å². The van der Waals surface area contributed by atoms with E-state index in [-0.39, 0.29) is 17.9 Å². The first kappa shape index (κ1) is 16.2. The SMILES string of the molecule is CCNC(=O)CCNC(=O)CCC(N)c1ccccc1. The number of hydrogen-bond acceptors (Lipinski definition) is 3. The lowest BCUT2D eigenvalue weighted by Gasteiger charge is -2.11. The Morgan fingerprint density at radius 3 is 2.40 bits per heavy atom. The van der Waals surface area contributed by atoms with Gasteiger partial charge in [-0.05, 0) is 18.9 Å². The molecule has 1 rings (SSSR count). The molecule has 0 aliphatic carbocycles. The molecule has 1 atom stereocenters. The molecule has 1 unspecified atom stereocenters. The number of nitrogens with one attached hydrogen (secondary N) is 2. The zero-order chi connectivity index (χ0) is 14.8. The maximum atomic E-state index is 11.6. The summed E-state index contributed by atoms with van der Waals surface area (Å²) in [6.45, 7) is 2.84. The van der Waals surface area contributed by atoms with E-state index in [0.29, 0.717) is 32.4 Å². The summed E-state index contributed by atoms with van der Waals surface area (Å²) in [4.78, 5) is 22.8. The molecule has 0 fully saturated rings. The van der Waals surface area contributed by atoms with Crippen LogP contribution in [-0.2, 0) is 9.59 Å². The molecule has 20 heavy (non-hydrogen) atoms. The molecule has 110 valence electrons. The minimum absolute atomic E-state index is 0.0474. The normalized spacial score (nSPS) is 11.7. The molecule has 0 saturated carbocycles. The summed E-state index contributed by atoms with van der Waals surface area (Å²) in [5, 5.41) is 5.40. The third-order valence-electron chi connectivity index (χ3n) is 2.96. The molecule has 5 heteroatoms. The van der Waals surface area contributed by atoms with Gasteiger partial charge in [-0.1, -0.05) is 30.3 Å². The van der Waals surface area contributed by atoms with Gasteiger partial charge in [-0.3, -0.25) is 9.59 Å². The second-order valence-corrected chi connectivity index (χ2v) is 4.61. The average molecular weight is 277 g/mol. The monoisotopic (exact) mass is 277 g/mol. The number of benzene rings is 1. The summed E-state index contributed by atoms with van der Waals surface area (Å²) in [6, 6.07) is 9.58. The zero-order valence-corrected chi connectivity index (χ0v) is 11.9. The predicted octanol–water partition coefficient (Wildman–Crippen LogP) is 1.11. The van der Waals surface area contributed by atoms with Crippen molar-refractivity contribution in [2.24, 2.45) is 5.73 Å². The van der Waals surface area contributed by atoms with Crippen LogP contribution in [0.4, 0.5) is 0 Å². The number of carbonyl (C=O) groups is 2. The third-order valence-corrected chi connectivity index (χ3v) is 2.96. The van der Waals surface area contributed by atoms with Gasteiger partial charge < -0.3 is 16.4 Å². The lowest BCUT2D eigenvalue weighted by atomic mass is 10.0. The first-order chi connectivity index (χ1) is 9.63. The summed E-state index contributed by atoms with van der Waals surface area (Å²) < 4.78 is 0. The van der Waals surface area contributed by atoms with Crippen molar-refractivity contribution in [1.29, 1.82) is 0 Å².